The van der Waals surface area contributed by atoms with Gasteiger partial charge < -0.3 is 0 Å². The van der Waals surface area contributed by atoms with Crippen molar-refractivity contribution >= 4 is 17.2 Å². The summed E-state index contributed by atoms with van der Waals surface area (Å²) in [4.78, 5) is 21.8. The molecular weight excluding hydrogens is 490 g/mol. The summed E-state index contributed by atoms with van der Waals surface area (Å²) in [6.07, 6.45) is 16.0. The molecule has 40 heavy (non-hydrogen) atoms. The molecule has 3 aliphatic rings. The van der Waals surface area contributed by atoms with Crippen LogP contribution in [0.15, 0.2) is 109 Å². The van der Waals surface area contributed by atoms with Gasteiger partial charge in [-0.15, -0.1) is 0 Å². The Morgan fingerprint density at radius 3 is 2.02 bits per heavy atom. The zero-order valence-corrected chi connectivity index (χ0v) is 22.3. The summed E-state index contributed by atoms with van der Waals surface area (Å²) in [5, 5.41) is 2.57. The highest BCUT2D eigenvalue weighted by Gasteiger charge is 2.40. The van der Waals surface area contributed by atoms with Crippen molar-refractivity contribution in [2.75, 3.05) is 0 Å². The Morgan fingerprint density at radius 1 is 0.650 bits per heavy atom. The monoisotopic (exact) mass is 515 g/mol. The number of hydrogen-bond donors (Lipinski definition) is 0. The van der Waals surface area contributed by atoms with E-state index in [4.69, 9.17) is 4.98 Å². The molecule has 5 heteroatoms. The van der Waals surface area contributed by atoms with Crippen molar-refractivity contribution in [3.8, 4) is 33.6 Å². The Hall–Kier alpha value is -5.03. The number of aromatic nitrogens is 5. The summed E-state index contributed by atoms with van der Waals surface area (Å²) in [5.41, 5.74) is 14.0. The average molecular weight is 516 g/mol. The van der Waals surface area contributed by atoms with Crippen LogP contribution in [-0.4, -0.2) is 24.9 Å². The number of benzene rings is 2. The molecule has 190 valence electrons. The minimum Gasteiger partial charge on any atom is -0.248 e. The number of fused-ring (bicyclic) bond motifs is 4. The predicted molar refractivity (Wildman–Crippen MR) is 158 cm³/mol. The van der Waals surface area contributed by atoms with Crippen molar-refractivity contribution in [2.45, 2.75) is 20.3 Å². The van der Waals surface area contributed by atoms with Crippen LogP contribution in [0.25, 0.3) is 50.9 Å². The van der Waals surface area contributed by atoms with Crippen molar-refractivity contribution in [1.29, 1.82) is 0 Å². The summed E-state index contributed by atoms with van der Waals surface area (Å²) in [6.45, 7) is 4.77. The summed E-state index contributed by atoms with van der Waals surface area (Å²) in [5.74, 6) is 0. The van der Waals surface area contributed by atoms with Gasteiger partial charge >= 0.3 is 0 Å². The van der Waals surface area contributed by atoms with Gasteiger partial charge in [0.05, 0.1) is 11.4 Å². The van der Waals surface area contributed by atoms with Gasteiger partial charge in [-0.1, -0.05) is 56.3 Å². The lowest BCUT2D eigenvalue weighted by atomic mass is 9.68. The Labute approximate surface area is 232 Å². The van der Waals surface area contributed by atoms with Crippen molar-refractivity contribution in [2.24, 2.45) is 5.41 Å². The van der Waals surface area contributed by atoms with E-state index in [9.17, 15) is 0 Å². The number of nitrogens with zero attached hydrogens (tertiary/aromatic N) is 5. The number of hydrogen-bond acceptors (Lipinski definition) is 5. The summed E-state index contributed by atoms with van der Waals surface area (Å²) < 4.78 is 0. The standard InChI is InChI=1S/C35H25N5/c1-35(2)33-25(9-22-5-3-4-6-29(22)33)11-26-10-23-8-7-21(12-30(23)34(26)35)24-13-31(27-15-36-19-37-16-27)40-32(14-24)28-17-38-20-39-18-28/h3-8,10-20H,9H2,1-2H3. The molecule has 0 spiro atoms. The second-order valence-electron chi connectivity index (χ2n) is 11.2. The van der Waals surface area contributed by atoms with Crippen LogP contribution in [0.1, 0.15) is 25.0 Å². The summed E-state index contributed by atoms with van der Waals surface area (Å²) in [6, 6.07) is 19.9. The van der Waals surface area contributed by atoms with Gasteiger partial charge in [-0.05, 0) is 85.7 Å². The van der Waals surface area contributed by atoms with Crippen LogP contribution in [0, 0.1) is 5.41 Å². The van der Waals surface area contributed by atoms with Gasteiger partial charge in [0.15, 0.2) is 0 Å². The first kappa shape index (κ1) is 22.9. The minimum absolute atomic E-state index is 0.107. The van der Waals surface area contributed by atoms with Crippen molar-refractivity contribution in [3.05, 3.63) is 131 Å². The maximum atomic E-state index is 4.93. The average Bonchev–Trinajstić information content (AvgIpc) is 3.56. The highest BCUT2D eigenvalue weighted by atomic mass is 14.8. The van der Waals surface area contributed by atoms with E-state index in [0.717, 1.165) is 40.1 Å². The van der Waals surface area contributed by atoms with Crippen molar-refractivity contribution in [1.82, 2.24) is 24.9 Å². The zero-order valence-electron chi connectivity index (χ0n) is 22.3. The Morgan fingerprint density at radius 2 is 1.32 bits per heavy atom. The molecule has 3 aromatic heterocycles. The maximum Gasteiger partial charge on any atom is 0.115 e. The first-order valence-electron chi connectivity index (χ1n) is 13.5. The molecule has 0 saturated heterocycles. The molecular formula is C35H25N5. The topological polar surface area (TPSA) is 64.5 Å². The molecule has 0 amide bonds. The third-order valence-electron chi connectivity index (χ3n) is 8.36. The van der Waals surface area contributed by atoms with Crippen LogP contribution in [0.5, 0.6) is 0 Å². The second-order valence-corrected chi connectivity index (χ2v) is 11.2. The van der Waals surface area contributed by atoms with Gasteiger partial charge in [0.2, 0.25) is 0 Å². The van der Waals surface area contributed by atoms with E-state index in [-0.39, 0.29) is 5.41 Å². The molecule has 0 aliphatic heterocycles. The quantitative estimate of drug-likeness (QED) is 0.314. The predicted octanol–water partition coefficient (Wildman–Crippen LogP) is 5.58. The van der Waals surface area contributed by atoms with E-state index in [1.165, 1.54) is 56.5 Å². The van der Waals surface area contributed by atoms with Crippen LogP contribution in [0.2, 0.25) is 0 Å². The third-order valence-corrected chi connectivity index (χ3v) is 8.36. The van der Waals surface area contributed by atoms with E-state index < -0.39 is 0 Å². The Balaban J connectivity index is 1.32. The molecule has 3 heterocycles. The van der Waals surface area contributed by atoms with Crippen molar-refractivity contribution in [3.63, 3.8) is 0 Å². The smallest absolute Gasteiger partial charge is 0.115 e. The van der Waals surface area contributed by atoms with Crippen LogP contribution in [0.4, 0.5) is 0 Å². The van der Waals surface area contributed by atoms with Crippen LogP contribution in [-0.2, 0) is 6.42 Å². The SMILES string of the molecule is CC1(C)C2=C(C=C3C=c4ccc(-c5cc(-c6cncnc6)nc(-c6cncnc6)c5)cc4=C31)Cc1ccccc12. The molecule has 0 saturated carbocycles. The lowest BCUT2D eigenvalue weighted by Crippen LogP contribution is -2.29. The van der Waals surface area contributed by atoms with Crippen LogP contribution >= 0.6 is 0 Å². The van der Waals surface area contributed by atoms with Crippen LogP contribution in [0.3, 0.4) is 0 Å². The maximum absolute atomic E-state index is 4.93. The largest absolute Gasteiger partial charge is 0.248 e. The van der Waals surface area contributed by atoms with Crippen LogP contribution < -0.4 is 10.4 Å². The Bertz CT molecular complexity index is 1980. The van der Waals surface area contributed by atoms with E-state index >= 15 is 0 Å². The number of rotatable bonds is 3. The number of allylic oxidation sites excluding steroid dienone is 4. The van der Waals surface area contributed by atoms with Gasteiger partial charge in [-0.3, -0.25) is 0 Å². The van der Waals surface area contributed by atoms with Gasteiger partial charge in [0, 0.05) is 41.3 Å². The molecule has 3 aliphatic carbocycles. The molecule has 2 aromatic carbocycles. The lowest BCUT2D eigenvalue weighted by molar-refractivity contribution is 0.666. The molecule has 0 atom stereocenters. The molecule has 5 nitrogen and oxygen atoms in total. The third kappa shape index (κ3) is 3.44. The molecule has 0 unspecified atom stereocenters. The summed E-state index contributed by atoms with van der Waals surface area (Å²) >= 11 is 0. The second kappa shape index (κ2) is 8.48. The molecule has 8 rings (SSSR count). The van der Waals surface area contributed by atoms with E-state index in [0.29, 0.717) is 0 Å². The van der Waals surface area contributed by atoms with Crippen molar-refractivity contribution < 1.29 is 0 Å². The fourth-order valence-electron chi connectivity index (χ4n) is 6.70. The Kier molecular flexibility index (Phi) is 4.86. The minimum atomic E-state index is -0.107. The van der Waals surface area contributed by atoms with E-state index in [1.54, 1.807) is 24.8 Å². The fourth-order valence-corrected chi connectivity index (χ4v) is 6.70. The van der Waals surface area contributed by atoms with Gasteiger partial charge in [-0.25, -0.2) is 24.9 Å². The molecule has 0 bridgehead atoms. The van der Waals surface area contributed by atoms with Gasteiger partial charge in [0.1, 0.15) is 12.7 Å². The van der Waals surface area contributed by atoms with E-state index in [1.807, 2.05) is 0 Å². The number of pyridine rings is 1. The van der Waals surface area contributed by atoms with E-state index in [2.05, 4.69) is 101 Å². The highest BCUT2D eigenvalue weighted by Crippen LogP contribution is 2.54. The van der Waals surface area contributed by atoms with Gasteiger partial charge in [0.25, 0.3) is 0 Å². The first-order valence-corrected chi connectivity index (χ1v) is 13.5. The molecule has 0 radical (unpaired) electrons. The zero-order chi connectivity index (χ0) is 26.8. The van der Waals surface area contributed by atoms with Gasteiger partial charge in [-0.2, -0.15) is 0 Å². The molecule has 5 aromatic rings. The normalized spacial score (nSPS) is 16.1. The fraction of sp³-hybridized carbons (Fsp3) is 0.114. The highest BCUT2D eigenvalue weighted by molar-refractivity contribution is 6.00. The summed E-state index contributed by atoms with van der Waals surface area (Å²) in [7, 11) is 0. The lowest BCUT2D eigenvalue weighted by Gasteiger charge is -2.34. The molecule has 0 fully saturated rings. The first-order chi connectivity index (χ1) is 19.6. The molecule has 0 N–H and O–H groups in total.